The first-order valence-corrected chi connectivity index (χ1v) is 6.20. The first kappa shape index (κ1) is 12.6. The molecule has 1 N–H and O–H groups in total. The van der Waals surface area contributed by atoms with Crippen molar-refractivity contribution in [1.82, 2.24) is 4.90 Å². The van der Waals surface area contributed by atoms with E-state index in [-0.39, 0.29) is 18.4 Å². The van der Waals surface area contributed by atoms with Crippen molar-refractivity contribution in [3.05, 3.63) is 35.9 Å². The van der Waals surface area contributed by atoms with Crippen LogP contribution >= 0.6 is 0 Å². The number of hydrogen-bond donors (Lipinski definition) is 1. The number of rotatable bonds is 4. The van der Waals surface area contributed by atoms with Crippen molar-refractivity contribution in [2.45, 2.75) is 25.8 Å². The van der Waals surface area contributed by atoms with E-state index in [2.05, 4.69) is 0 Å². The van der Waals surface area contributed by atoms with Crippen molar-refractivity contribution in [1.29, 1.82) is 0 Å². The highest BCUT2D eigenvalue weighted by Crippen LogP contribution is 2.30. The predicted molar refractivity (Wildman–Crippen MR) is 66.9 cm³/mol. The SMILES string of the molecule is CC[C@H](c1ccccc1)N1C[C@H](C(=O)O)CC1=O. The fraction of sp³-hybridized carbons (Fsp3) is 0.429. The summed E-state index contributed by atoms with van der Waals surface area (Å²) in [6.07, 6.45) is 0.917. The number of carbonyl (C=O) groups excluding carboxylic acids is 1. The molecule has 0 aromatic heterocycles. The second-order valence-electron chi connectivity index (χ2n) is 4.62. The number of benzene rings is 1. The van der Waals surface area contributed by atoms with E-state index >= 15 is 0 Å². The van der Waals surface area contributed by atoms with Crippen LogP contribution in [0.15, 0.2) is 30.3 Å². The third-order valence-electron chi connectivity index (χ3n) is 3.45. The maximum Gasteiger partial charge on any atom is 0.308 e. The second kappa shape index (κ2) is 5.21. The third-order valence-corrected chi connectivity index (χ3v) is 3.45. The summed E-state index contributed by atoms with van der Waals surface area (Å²) in [4.78, 5) is 24.6. The van der Waals surface area contributed by atoms with Gasteiger partial charge in [0.1, 0.15) is 0 Å². The average molecular weight is 247 g/mol. The Morgan fingerprint density at radius 3 is 2.61 bits per heavy atom. The van der Waals surface area contributed by atoms with Gasteiger partial charge in [0, 0.05) is 13.0 Å². The van der Waals surface area contributed by atoms with Gasteiger partial charge in [-0.05, 0) is 12.0 Å². The summed E-state index contributed by atoms with van der Waals surface area (Å²) in [5.74, 6) is -1.50. The Hall–Kier alpha value is -1.84. The van der Waals surface area contributed by atoms with E-state index in [1.165, 1.54) is 0 Å². The smallest absolute Gasteiger partial charge is 0.308 e. The lowest BCUT2D eigenvalue weighted by Crippen LogP contribution is -2.30. The molecule has 1 amide bonds. The van der Waals surface area contributed by atoms with Crippen molar-refractivity contribution < 1.29 is 14.7 Å². The Labute approximate surface area is 106 Å². The average Bonchev–Trinajstić information content (AvgIpc) is 2.74. The van der Waals surface area contributed by atoms with Gasteiger partial charge in [0.15, 0.2) is 0 Å². The predicted octanol–water partition coefficient (Wildman–Crippen LogP) is 2.07. The molecule has 2 atom stereocenters. The van der Waals surface area contributed by atoms with Gasteiger partial charge in [0.05, 0.1) is 12.0 Å². The summed E-state index contributed by atoms with van der Waals surface area (Å²) in [6.45, 7) is 2.33. The molecule has 0 unspecified atom stereocenters. The first-order chi connectivity index (χ1) is 8.63. The van der Waals surface area contributed by atoms with Gasteiger partial charge in [-0.15, -0.1) is 0 Å². The van der Waals surface area contributed by atoms with Crippen LogP contribution in [0.1, 0.15) is 31.4 Å². The number of likely N-dealkylation sites (tertiary alicyclic amines) is 1. The van der Waals surface area contributed by atoms with Crippen molar-refractivity contribution in [2.75, 3.05) is 6.54 Å². The van der Waals surface area contributed by atoms with Crippen molar-refractivity contribution in [3.8, 4) is 0 Å². The lowest BCUT2D eigenvalue weighted by molar-refractivity contribution is -0.141. The fourth-order valence-corrected chi connectivity index (χ4v) is 2.51. The molecule has 1 aliphatic rings. The molecule has 1 aromatic carbocycles. The highest BCUT2D eigenvalue weighted by molar-refractivity contribution is 5.86. The minimum absolute atomic E-state index is 0.0111. The largest absolute Gasteiger partial charge is 0.481 e. The van der Waals surface area contributed by atoms with Crippen molar-refractivity contribution in [2.24, 2.45) is 5.92 Å². The van der Waals surface area contributed by atoms with Crippen LogP contribution in [0.4, 0.5) is 0 Å². The summed E-state index contributed by atoms with van der Waals surface area (Å²) < 4.78 is 0. The van der Waals surface area contributed by atoms with Crippen LogP contribution < -0.4 is 0 Å². The molecule has 1 heterocycles. The summed E-state index contributed by atoms with van der Waals surface area (Å²) in [7, 11) is 0. The molecule has 0 bridgehead atoms. The molecular weight excluding hydrogens is 230 g/mol. The van der Waals surface area contributed by atoms with E-state index in [0.717, 1.165) is 12.0 Å². The zero-order chi connectivity index (χ0) is 13.1. The quantitative estimate of drug-likeness (QED) is 0.886. The molecular formula is C14H17NO3. The molecule has 1 aromatic rings. The van der Waals surface area contributed by atoms with Crippen LogP contribution in [0.3, 0.4) is 0 Å². The van der Waals surface area contributed by atoms with E-state index in [4.69, 9.17) is 5.11 Å². The van der Waals surface area contributed by atoms with Crippen LogP contribution in [-0.2, 0) is 9.59 Å². The standard InChI is InChI=1S/C14H17NO3/c1-2-12(10-6-4-3-5-7-10)15-9-11(14(17)18)8-13(15)16/h3-7,11-12H,2,8-9H2,1H3,(H,17,18)/t11-,12-/m1/s1. The first-order valence-electron chi connectivity index (χ1n) is 6.20. The molecule has 2 rings (SSSR count). The Bertz CT molecular complexity index is 444. The number of carboxylic acids is 1. The fourth-order valence-electron chi connectivity index (χ4n) is 2.51. The molecule has 0 spiro atoms. The molecule has 0 radical (unpaired) electrons. The molecule has 1 aliphatic heterocycles. The van der Waals surface area contributed by atoms with E-state index in [0.29, 0.717) is 6.54 Å². The van der Waals surface area contributed by atoms with Gasteiger partial charge in [0.2, 0.25) is 5.91 Å². The van der Waals surface area contributed by atoms with Crippen molar-refractivity contribution >= 4 is 11.9 Å². The molecule has 1 saturated heterocycles. The van der Waals surface area contributed by atoms with E-state index in [1.54, 1.807) is 4.90 Å². The second-order valence-corrected chi connectivity index (χ2v) is 4.62. The van der Waals surface area contributed by atoms with Crippen LogP contribution in [0.25, 0.3) is 0 Å². The van der Waals surface area contributed by atoms with E-state index in [9.17, 15) is 9.59 Å². The minimum Gasteiger partial charge on any atom is -0.481 e. The molecule has 4 heteroatoms. The Morgan fingerprint density at radius 1 is 1.44 bits per heavy atom. The van der Waals surface area contributed by atoms with Gasteiger partial charge in [-0.3, -0.25) is 9.59 Å². The number of carboxylic acid groups (broad SMARTS) is 1. The Balaban J connectivity index is 2.19. The maximum absolute atomic E-state index is 11.9. The van der Waals surface area contributed by atoms with Crippen LogP contribution in [0, 0.1) is 5.92 Å². The number of carbonyl (C=O) groups is 2. The van der Waals surface area contributed by atoms with E-state index in [1.807, 2.05) is 37.3 Å². The Morgan fingerprint density at radius 2 is 2.11 bits per heavy atom. The van der Waals surface area contributed by atoms with Crippen LogP contribution in [-0.4, -0.2) is 28.4 Å². The lowest BCUT2D eigenvalue weighted by Gasteiger charge is -2.27. The summed E-state index contributed by atoms with van der Waals surface area (Å²) >= 11 is 0. The van der Waals surface area contributed by atoms with Gasteiger partial charge in [-0.2, -0.15) is 0 Å². The van der Waals surface area contributed by atoms with Gasteiger partial charge in [-0.1, -0.05) is 37.3 Å². The number of hydrogen-bond acceptors (Lipinski definition) is 2. The zero-order valence-electron chi connectivity index (χ0n) is 10.4. The highest BCUT2D eigenvalue weighted by Gasteiger charge is 2.37. The van der Waals surface area contributed by atoms with Gasteiger partial charge in [-0.25, -0.2) is 0 Å². The van der Waals surface area contributed by atoms with Crippen LogP contribution in [0.5, 0.6) is 0 Å². The van der Waals surface area contributed by atoms with Gasteiger partial charge in [0.25, 0.3) is 0 Å². The topological polar surface area (TPSA) is 57.6 Å². The number of aliphatic carboxylic acids is 1. The molecule has 96 valence electrons. The van der Waals surface area contributed by atoms with Gasteiger partial charge < -0.3 is 10.0 Å². The highest BCUT2D eigenvalue weighted by atomic mass is 16.4. The molecule has 18 heavy (non-hydrogen) atoms. The lowest BCUT2D eigenvalue weighted by atomic mass is 10.0. The monoisotopic (exact) mass is 247 g/mol. The molecule has 4 nitrogen and oxygen atoms in total. The Kier molecular flexibility index (Phi) is 3.65. The minimum atomic E-state index is -0.881. The summed E-state index contributed by atoms with van der Waals surface area (Å²) in [5.41, 5.74) is 1.07. The molecule has 0 aliphatic carbocycles. The molecule has 0 saturated carbocycles. The third kappa shape index (κ3) is 2.37. The van der Waals surface area contributed by atoms with Gasteiger partial charge >= 0.3 is 5.97 Å². The summed E-state index contributed by atoms with van der Waals surface area (Å²) in [5, 5.41) is 8.99. The number of amides is 1. The molecule has 1 fully saturated rings. The van der Waals surface area contributed by atoms with Crippen molar-refractivity contribution in [3.63, 3.8) is 0 Å². The zero-order valence-corrected chi connectivity index (χ0v) is 10.4. The maximum atomic E-state index is 11.9. The van der Waals surface area contributed by atoms with Crippen LogP contribution in [0.2, 0.25) is 0 Å². The normalized spacial score (nSPS) is 21.1. The summed E-state index contributed by atoms with van der Waals surface area (Å²) in [6, 6.07) is 9.76. The number of nitrogens with zero attached hydrogens (tertiary/aromatic N) is 1. The van der Waals surface area contributed by atoms with E-state index < -0.39 is 11.9 Å².